The maximum absolute atomic E-state index is 12.5. The Hall–Kier alpha value is -2.77. The predicted octanol–water partition coefficient (Wildman–Crippen LogP) is 3.75. The average Bonchev–Trinajstić information content (AvgIpc) is 2.68. The van der Waals surface area contributed by atoms with Crippen LogP contribution >= 0.6 is 0 Å². The number of carbonyl (C=O) groups excluding carboxylic acids is 3. The van der Waals surface area contributed by atoms with Crippen LogP contribution in [0.25, 0.3) is 0 Å². The summed E-state index contributed by atoms with van der Waals surface area (Å²) in [6.07, 6.45) is 0.602. The molecule has 0 aliphatic heterocycles. The summed E-state index contributed by atoms with van der Waals surface area (Å²) in [5.41, 5.74) is 0.272. The van der Waals surface area contributed by atoms with E-state index in [1.807, 2.05) is 44.2 Å². The average molecular weight is 436 g/mol. The lowest BCUT2D eigenvalue weighted by Crippen LogP contribution is -2.48. The van der Waals surface area contributed by atoms with Crippen LogP contribution in [0.2, 0.25) is 0 Å². The fourth-order valence-electron chi connectivity index (χ4n) is 2.58. The second-order valence-electron chi connectivity index (χ2n) is 8.82. The minimum Gasteiger partial charge on any atom is -0.445 e. The first-order chi connectivity index (χ1) is 14.6. The molecule has 0 radical (unpaired) electrons. The third-order valence-corrected chi connectivity index (χ3v) is 4.09. The van der Waals surface area contributed by atoms with Crippen LogP contribution in [0.4, 0.5) is 9.59 Å². The van der Waals surface area contributed by atoms with Gasteiger partial charge < -0.3 is 25.4 Å². The highest BCUT2D eigenvalue weighted by Gasteiger charge is 2.24. The molecule has 0 fully saturated rings. The molecule has 0 saturated heterocycles. The van der Waals surface area contributed by atoms with Gasteiger partial charge in [0.2, 0.25) is 5.91 Å². The summed E-state index contributed by atoms with van der Waals surface area (Å²) in [7, 11) is 0. The molecule has 1 aromatic carbocycles. The van der Waals surface area contributed by atoms with Crippen molar-refractivity contribution in [2.24, 2.45) is 5.92 Å². The Labute approximate surface area is 185 Å². The number of benzene rings is 1. The van der Waals surface area contributed by atoms with Gasteiger partial charge in [-0.3, -0.25) is 4.79 Å². The van der Waals surface area contributed by atoms with Gasteiger partial charge in [-0.1, -0.05) is 44.2 Å². The fourth-order valence-corrected chi connectivity index (χ4v) is 2.58. The molecular formula is C23H37N3O5. The van der Waals surface area contributed by atoms with E-state index in [0.717, 1.165) is 5.56 Å². The number of hydrogen-bond acceptors (Lipinski definition) is 5. The largest absolute Gasteiger partial charge is 0.445 e. The highest BCUT2D eigenvalue weighted by atomic mass is 16.6. The maximum atomic E-state index is 12.5. The van der Waals surface area contributed by atoms with Crippen molar-refractivity contribution in [1.82, 2.24) is 16.0 Å². The summed E-state index contributed by atoms with van der Waals surface area (Å²) in [4.78, 5) is 36.3. The molecule has 1 atom stereocenters. The van der Waals surface area contributed by atoms with Gasteiger partial charge in [-0.25, -0.2) is 9.59 Å². The first-order valence-electron chi connectivity index (χ1n) is 10.8. The normalized spacial score (nSPS) is 12.1. The van der Waals surface area contributed by atoms with Crippen LogP contribution in [0, 0.1) is 5.92 Å². The zero-order chi connectivity index (χ0) is 23.3. The van der Waals surface area contributed by atoms with Crippen molar-refractivity contribution in [2.45, 2.75) is 72.1 Å². The quantitative estimate of drug-likeness (QED) is 0.459. The van der Waals surface area contributed by atoms with E-state index in [1.54, 1.807) is 20.8 Å². The zero-order valence-corrected chi connectivity index (χ0v) is 19.3. The van der Waals surface area contributed by atoms with Crippen molar-refractivity contribution in [3.8, 4) is 0 Å². The SMILES string of the molecule is CC(C)CNC(=O)[C@H](CCCCNC(=O)OCc1ccccc1)NC(=O)OC(C)(C)C. The number of nitrogens with one attached hydrogen (secondary N) is 3. The second kappa shape index (κ2) is 13.5. The Bertz CT molecular complexity index is 686. The van der Waals surface area contributed by atoms with E-state index in [4.69, 9.17) is 9.47 Å². The Morgan fingerprint density at radius 1 is 0.968 bits per heavy atom. The second-order valence-corrected chi connectivity index (χ2v) is 8.82. The third kappa shape index (κ3) is 13.2. The van der Waals surface area contributed by atoms with E-state index in [-0.39, 0.29) is 12.5 Å². The molecule has 0 aromatic heterocycles. The summed E-state index contributed by atoms with van der Waals surface area (Å²) < 4.78 is 10.4. The van der Waals surface area contributed by atoms with Crippen molar-refractivity contribution < 1.29 is 23.9 Å². The van der Waals surface area contributed by atoms with E-state index in [1.165, 1.54) is 0 Å². The Kier molecular flexibility index (Phi) is 11.5. The minimum atomic E-state index is -0.696. The lowest BCUT2D eigenvalue weighted by molar-refractivity contribution is -0.123. The topological polar surface area (TPSA) is 106 Å². The molecule has 0 aliphatic rings. The van der Waals surface area contributed by atoms with E-state index in [2.05, 4.69) is 16.0 Å². The molecule has 0 heterocycles. The summed E-state index contributed by atoms with van der Waals surface area (Å²) in [6, 6.07) is 8.74. The molecule has 3 amide bonds. The maximum Gasteiger partial charge on any atom is 0.408 e. The fraction of sp³-hybridized carbons (Fsp3) is 0.609. The molecule has 174 valence electrons. The lowest BCUT2D eigenvalue weighted by Gasteiger charge is -2.23. The molecule has 1 rings (SSSR count). The molecule has 0 aliphatic carbocycles. The van der Waals surface area contributed by atoms with E-state index >= 15 is 0 Å². The van der Waals surface area contributed by atoms with Gasteiger partial charge in [0.1, 0.15) is 18.2 Å². The molecule has 0 spiro atoms. The van der Waals surface area contributed by atoms with Crippen LogP contribution in [0.3, 0.4) is 0 Å². The number of hydrogen-bond donors (Lipinski definition) is 3. The lowest BCUT2D eigenvalue weighted by atomic mass is 10.1. The van der Waals surface area contributed by atoms with Gasteiger partial charge in [0.15, 0.2) is 0 Å². The van der Waals surface area contributed by atoms with Crippen molar-refractivity contribution in [3.05, 3.63) is 35.9 Å². The van der Waals surface area contributed by atoms with Crippen LogP contribution in [-0.4, -0.2) is 42.8 Å². The van der Waals surface area contributed by atoms with Gasteiger partial charge in [0.25, 0.3) is 0 Å². The molecule has 8 nitrogen and oxygen atoms in total. The van der Waals surface area contributed by atoms with E-state index in [9.17, 15) is 14.4 Å². The van der Waals surface area contributed by atoms with Gasteiger partial charge in [0.05, 0.1) is 0 Å². The molecule has 0 saturated carbocycles. The van der Waals surface area contributed by atoms with Crippen molar-refractivity contribution >= 4 is 18.1 Å². The van der Waals surface area contributed by atoms with Gasteiger partial charge >= 0.3 is 12.2 Å². The number of rotatable bonds is 11. The highest BCUT2D eigenvalue weighted by molar-refractivity contribution is 5.85. The molecule has 8 heteroatoms. The number of ether oxygens (including phenoxy) is 2. The Balaban J connectivity index is 2.38. The Morgan fingerprint density at radius 2 is 1.65 bits per heavy atom. The van der Waals surface area contributed by atoms with Crippen molar-refractivity contribution in [3.63, 3.8) is 0 Å². The molecule has 3 N–H and O–H groups in total. The standard InChI is InChI=1S/C23H37N3O5/c1-17(2)15-25-20(27)19(26-22(29)31-23(3,4)5)13-9-10-14-24-21(28)30-16-18-11-7-6-8-12-18/h6-8,11-12,17,19H,9-10,13-16H2,1-5H3,(H,24,28)(H,25,27)(H,26,29)/t19-/m0/s1. The Morgan fingerprint density at radius 3 is 2.26 bits per heavy atom. The minimum absolute atomic E-state index is 0.213. The van der Waals surface area contributed by atoms with Crippen molar-refractivity contribution in [2.75, 3.05) is 13.1 Å². The highest BCUT2D eigenvalue weighted by Crippen LogP contribution is 2.09. The van der Waals surface area contributed by atoms with Crippen LogP contribution in [0.15, 0.2) is 30.3 Å². The van der Waals surface area contributed by atoms with Crippen LogP contribution in [0.1, 0.15) is 59.4 Å². The predicted molar refractivity (Wildman–Crippen MR) is 119 cm³/mol. The van der Waals surface area contributed by atoms with Gasteiger partial charge in [-0.05, 0) is 51.5 Å². The van der Waals surface area contributed by atoms with Crippen LogP contribution < -0.4 is 16.0 Å². The first kappa shape index (κ1) is 26.3. The summed E-state index contributed by atoms with van der Waals surface area (Å²) >= 11 is 0. The van der Waals surface area contributed by atoms with Gasteiger partial charge in [0, 0.05) is 13.1 Å². The number of unbranched alkanes of at least 4 members (excludes halogenated alkanes) is 1. The van der Waals surface area contributed by atoms with Crippen LogP contribution in [0.5, 0.6) is 0 Å². The van der Waals surface area contributed by atoms with Crippen LogP contribution in [-0.2, 0) is 20.9 Å². The summed E-state index contributed by atoms with van der Waals surface area (Å²) in [5.74, 6) is 0.0621. The van der Waals surface area contributed by atoms with Gasteiger partial charge in [-0.15, -0.1) is 0 Å². The third-order valence-electron chi connectivity index (χ3n) is 4.09. The summed E-state index contributed by atoms with van der Waals surface area (Å²) in [5, 5.41) is 8.19. The van der Waals surface area contributed by atoms with E-state index in [0.29, 0.717) is 38.3 Å². The monoisotopic (exact) mass is 435 g/mol. The molecular weight excluding hydrogens is 398 g/mol. The smallest absolute Gasteiger partial charge is 0.408 e. The zero-order valence-electron chi connectivity index (χ0n) is 19.3. The number of carbonyl (C=O) groups is 3. The van der Waals surface area contributed by atoms with Gasteiger partial charge in [-0.2, -0.15) is 0 Å². The van der Waals surface area contributed by atoms with E-state index < -0.39 is 23.8 Å². The molecule has 0 bridgehead atoms. The van der Waals surface area contributed by atoms with Crippen molar-refractivity contribution in [1.29, 1.82) is 0 Å². The number of amides is 3. The molecule has 1 aromatic rings. The summed E-state index contributed by atoms with van der Waals surface area (Å²) in [6.45, 7) is 10.5. The number of alkyl carbamates (subject to hydrolysis) is 2. The molecule has 0 unspecified atom stereocenters. The first-order valence-corrected chi connectivity index (χ1v) is 10.8. The molecule has 31 heavy (non-hydrogen) atoms.